The summed E-state index contributed by atoms with van der Waals surface area (Å²) in [6.07, 6.45) is 0. The van der Waals surface area contributed by atoms with Crippen LogP contribution in [0.25, 0.3) is 10.8 Å². The minimum Gasteiger partial charge on any atom is -0.482 e. The second-order valence-corrected chi connectivity index (χ2v) is 6.20. The zero-order valence-electron chi connectivity index (χ0n) is 13.7. The number of hydrogen-bond acceptors (Lipinski definition) is 2. The molecule has 0 aromatic heterocycles. The monoisotopic (exact) mass is 357 g/mol. The smallest absolute Gasteiger partial charge is 0.260 e. The lowest BCUT2D eigenvalue weighted by Crippen LogP contribution is -2.31. The van der Waals surface area contributed by atoms with Gasteiger partial charge in [-0.15, -0.1) is 0 Å². The Balaban J connectivity index is 1.61. The summed E-state index contributed by atoms with van der Waals surface area (Å²) in [5.74, 6) is -0.346. The zero-order chi connectivity index (χ0) is 17.8. The van der Waals surface area contributed by atoms with Gasteiger partial charge in [0.25, 0.3) is 5.91 Å². The highest BCUT2D eigenvalue weighted by Gasteiger charge is 2.12. The minimum atomic E-state index is -0.447. The molecule has 0 aliphatic carbocycles. The molecule has 0 aliphatic rings. The second kappa shape index (κ2) is 7.53. The highest BCUT2D eigenvalue weighted by Crippen LogP contribution is 2.25. The maximum absolute atomic E-state index is 13.0. The largest absolute Gasteiger partial charge is 0.482 e. The molecule has 0 saturated carbocycles. The van der Waals surface area contributed by atoms with Gasteiger partial charge in [-0.05, 0) is 40.6 Å². The average molecular weight is 358 g/mol. The van der Waals surface area contributed by atoms with E-state index in [-0.39, 0.29) is 23.3 Å². The Kier molecular flexibility index (Phi) is 5.19. The Hall–Kier alpha value is -2.59. The van der Waals surface area contributed by atoms with E-state index in [1.54, 1.807) is 11.9 Å². The molecule has 0 heterocycles. The van der Waals surface area contributed by atoms with Crippen molar-refractivity contribution < 1.29 is 13.9 Å². The van der Waals surface area contributed by atoms with Gasteiger partial charge in [0.15, 0.2) is 6.61 Å². The van der Waals surface area contributed by atoms with E-state index in [9.17, 15) is 9.18 Å². The molecule has 0 N–H and O–H groups in total. The van der Waals surface area contributed by atoms with Crippen LogP contribution >= 0.6 is 11.6 Å². The van der Waals surface area contributed by atoms with Gasteiger partial charge in [-0.25, -0.2) is 4.39 Å². The van der Waals surface area contributed by atoms with Crippen LogP contribution in [0.5, 0.6) is 5.75 Å². The van der Waals surface area contributed by atoms with Crippen LogP contribution in [0.1, 0.15) is 5.56 Å². The van der Waals surface area contributed by atoms with Crippen LogP contribution in [-0.2, 0) is 11.3 Å². The third-order valence-corrected chi connectivity index (χ3v) is 4.20. The van der Waals surface area contributed by atoms with Crippen LogP contribution in [0.2, 0.25) is 5.02 Å². The van der Waals surface area contributed by atoms with Gasteiger partial charge in [0, 0.05) is 13.6 Å². The molecule has 0 radical (unpaired) electrons. The van der Waals surface area contributed by atoms with Crippen molar-refractivity contribution >= 4 is 28.3 Å². The number of carbonyl (C=O) groups excluding carboxylic acids is 1. The molecule has 3 rings (SSSR count). The van der Waals surface area contributed by atoms with Crippen LogP contribution in [0.15, 0.2) is 60.7 Å². The number of rotatable bonds is 5. The Labute approximate surface area is 150 Å². The number of hydrogen-bond donors (Lipinski definition) is 0. The summed E-state index contributed by atoms with van der Waals surface area (Å²) in [5, 5.41) is 2.44. The van der Waals surface area contributed by atoms with Gasteiger partial charge in [-0.3, -0.25) is 4.79 Å². The second-order valence-electron chi connectivity index (χ2n) is 5.79. The molecule has 1 amide bonds. The van der Waals surface area contributed by atoms with Crippen LogP contribution in [0, 0.1) is 5.82 Å². The number of nitrogens with zero attached hydrogens (tertiary/aromatic N) is 1. The fourth-order valence-electron chi connectivity index (χ4n) is 2.54. The van der Waals surface area contributed by atoms with Crippen LogP contribution in [0.4, 0.5) is 4.39 Å². The molecule has 0 saturated heterocycles. The fraction of sp³-hybridized carbons (Fsp3) is 0.150. The van der Waals surface area contributed by atoms with Crippen LogP contribution < -0.4 is 4.74 Å². The predicted octanol–water partition coefficient (Wildman–Crippen LogP) is 4.67. The molecule has 3 aromatic rings. The molecule has 0 aliphatic heterocycles. The topological polar surface area (TPSA) is 29.5 Å². The molecule has 0 bridgehead atoms. The summed E-state index contributed by atoms with van der Waals surface area (Å²) in [6.45, 7) is 0.319. The van der Waals surface area contributed by atoms with Gasteiger partial charge in [0.1, 0.15) is 11.6 Å². The normalized spacial score (nSPS) is 10.7. The Morgan fingerprint density at radius 2 is 1.84 bits per heavy atom. The fourth-order valence-corrected chi connectivity index (χ4v) is 2.76. The van der Waals surface area contributed by atoms with Gasteiger partial charge in [-0.1, -0.05) is 48.0 Å². The SMILES string of the molecule is CN(Cc1ccc2ccccc2c1)C(=O)COc1ccc(F)cc1Cl. The summed E-state index contributed by atoms with van der Waals surface area (Å²) in [4.78, 5) is 13.8. The number of fused-ring (bicyclic) bond motifs is 1. The highest BCUT2D eigenvalue weighted by molar-refractivity contribution is 6.32. The standard InChI is InChI=1S/C20H17ClFNO2/c1-23(12-14-6-7-15-4-2-3-5-16(15)10-14)20(24)13-25-19-9-8-17(22)11-18(19)21/h2-11H,12-13H2,1H3. The van der Waals surface area contributed by atoms with Crippen molar-refractivity contribution in [2.45, 2.75) is 6.54 Å². The third kappa shape index (κ3) is 4.28. The average Bonchev–Trinajstić information content (AvgIpc) is 2.60. The van der Waals surface area contributed by atoms with E-state index in [1.165, 1.54) is 12.1 Å². The molecule has 0 spiro atoms. The van der Waals surface area contributed by atoms with Crippen molar-refractivity contribution in [3.8, 4) is 5.75 Å². The van der Waals surface area contributed by atoms with Crippen LogP contribution in [0.3, 0.4) is 0 Å². The van der Waals surface area contributed by atoms with Gasteiger partial charge in [0.2, 0.25) is 0 Å². The molecule has 0 unspecified atom stereocenters. The first-order chi connectivity index (χ1) is 12.0. The number of benzene rings is 3. The quantitative estimate of drug-likeness (QED) is 0.664. The summed E-state index contributed by atoms with van der Waals surface area (Å²) in [7, 11) is 1.72. The van der Waals surface area contributed by atoms with Gasteiger partial charge in [0.05, 0.1) is 5.02 Å². The van der Waals surface area contributed by atoms with Crippen molar-refractivity contribution in [2.24, 2.45) is 0 Å². The molecule has 0 atom stereocenters. The summed E-state index contributed by atoms with van der Waals surface area (Å²) in [6, 6.07) is 18.0. The van der Waals surface area contributed by atoms with Gasteiger partial charge < -0.3 is 9.64 Å². The van der Waals surface area contributed by atoms with E-state index < -0.39 is 5.82 Å². The Morgan fingerprint density at radius 3 is 2.60 bits per heavy atom. The molecule has 3 nitrogen and oxygen atoms in total. The van der Waals surface area contributed by atoms with E-state index in [1.807, 2.05) is 36.4 Å². The molecule has 128 valence electrons. The first kappa shape index (κ1) is 17.2. The first-order valence-electron chi connectivity index (χ1n) is 7.82. The number of ether oxygens (including phenoxy) is 1. The van der Waals surface area contributed by atoms with Gasteiger partial charge >= 0.3 is 0 Å². The number of likely N-dealkylation sites (N-methyl/N-ethyl adjacent to an activating group) is 1. The lowest BCUT2D eigenvalue weighted by molar-refractivity contribution is -0.132. The molecular weight excluding hydrogens is 341 g/mol. The van der Waals surface area contributed by atoms with Crippen molar-refractivity contribution in [3.05, 3.63) is 77.1 Å². The van der Waals surface area contributed by atoms with E-state index >= 15 is 0 Å². The Bertz CT molecular complexity index is 913. The highest BCUT2D eigenvalue weighted by atomic mass is 35.5. The summed E-state index contributed by atoms with van der Waals surface area (Å²) < 4.78 is 18.4. The number of carbonyl (C=O) groups is 1. The van der Waals surface area contributed by atoms with E-state index in [0.29, 0.717) is 6.54 Å². The van der Waals surface area contributed by atoms with Gasteiger partial charge in [-0.2, -0.15) is 0 Å². The van der Waals surface area contributed by atoms with E-state index in [4.69, 9.17) is 16.3 Å². The van der Waals surface area contributed by atoms with Crippen LogP contribution in [-0.4, -0.2) is 24.5 Å². The third-order valence-electron chi connectivity index (χ3n) is 3.90. The molecule has 3 aromatic carbocycles. The molecule has 0 fully saturated rings. The summed E-state index contributed by atoms with van der Waals surface area (Å²) in [5.41, 5.74) is 1.04. The van der Waals surface area contributed by atoms with Crippen molar-refractivity contribution in [1.29, 1.82) is 0 Å². The van der Waals surface area contributed by atoms with Crippen molar-refractivity contribution in [1.82, 2.24) is 4.90 Å². The zero-order valence-corrected chi connectivity index (χ0v) is 14.5. The lowest BCUT2D eigenvalue weighted by Gasteiger charge is -2.18. The number of halogens is 2. The predicted molar refractivity (Wildman–Crippen MR) is 97.3 cm³/mol. The van der Waals surface area contributed by atoms with E-state index in [2.05, 4.69) is 6.07 Å². The molecular formula is C20H17ClFNO2. The molecule has 25 heavy (non-hydrogen) atoms. The summed E-state index contributed by atoms with van der Waals surface area (Å²) >= 11 is 5.89. The molecule has 5 heteroatoms. The minimum absolute atomic E-state index is 0.144. The van der Waals surface area contributed by atoms with Crippen molar-refractivity contribution in [2.75, 3.05) is 13.7 Å². The maximum atomic E-state index is 13.0. The Morgan fingerprint density at radius 1 is 1.08 bits per heavy atom. The van der Waals surface area contributed by atoms with E-state index in [0.717, 1.165) is 22.4 Å². The number of amides is 1. The van der Waals surface area contributed by atoms with Crippen molar-refractivity contribution in [3.63, 3.8) is 0 Å². The first-order valence-corrected chi connectivity index (χ1v) is 8.20. The lowest BCUT2D eigenvalue weighted by atomic mass is 10.1. The maximum Gasteiger partial charge on any atom is 0.260 e.